The van der Waals surface area contributed by atoms with Gasteiger partial charge in [-0.25, -0.2) is 0 Å². The molecule has 1 aliphatic rings. The van der Waals surface area contributed by atoms with Crippen LogP contribution >= 0.6 is 24.2 Å². The standard InChI is InChI=1S/C18H27NO2S.ClH/c1-3-21-18(20)16-9-12-19(13-10-16)11-4-14-22-17-7-5-15(2)6-8-17;/h5-8,16H,3-4,9-14H2,1-2H3;1H. The minimum atomic E-state index is -0.00271. The first-order valence-electron chi connectivity index (χ1n) is 8.27. The maximum Gasteiger partial charge on any atom is 0.309 e. The van der Waals surface area contributed by atoms with Crippen LogP contribution < -0.4 is 0 Å². The lowest BCUT2D eigenvalue weighted by Crippen LogP contribution is -2.37. The summed E-state index contributed by atoms with van der Waals surface area (Å²) < 4.78 is 5.11. The van der Waals surface area contributed by atoms with Crippen molar-refractivity contribution >= 4 is 30.1 Å². The fourth-order valence-corrected chi connectivity index (χ4v) is 3.60. The van der Waals surface area contributed by atoms with E-state index >= 15 is 0 Å². The molecule has 2 rings (SSSR count). The normalized spacial score (nSPS) is 15.9. The second-order valence-corrected chi connectivity index (χ2v) is 7.05. The van der Waals surface area contributed by atoms with E-state index in [2.05, 4.69) is 36.1 Å². The number of carbonyl (C=O) groups is 1. The zero-order valence-electron chi connectivity index (χ0n) is 14.1. The maximum atomic E-state index is 11.7. The van der Waals surface area contributed by atoms with Gasteiger partial charge in [-0.3, -0.25) is 4.79 Å². The summed E-state index contributed by atoms with van der Waals surface area (Å²) in [7, 11) is 0. The summed E-state index contributed by atoms with van der Waals surface area (Å²) in [5, 5.41) is 0. The van der Waals surface area contributed by atoms with Crippen molar-refractivity contribution in [2.45, 2.75) is 38.0 Å². The van der Waals surface area contributed by atoms with Gasteiger partial charge in [-0.1, -0.05) is 17.7 Å². The van der Waals surface area contributed by atoms with Gasteiger partial charge in [0.25, 0.3) is 0 Å². The number of esters is 1. The molecule has 0 radical (unpaired) electrons. The summed E-state index contributed by atoms with van der Waals surface area (Å²) in [5.41, 5.74) is 1.31. The topological polar surface area (TPSA) is 29.5 Å². The summed E-state index contributed by atoms with van der Waals surface area (Å²) in [5.74, 6) is 1.27. The van der Waals surface area contributed by atoms with Gasteiger partial charge in [0.15, 0.2) is 0 Å². The molecule has 1 aromatic rings. The van der Waals surface area contributed by atoms with Crippen molar-refractivity contribution in [3.8, 4) is 0 Å². The van der Waals surface area contributed by atoms with Crippen LogP contribution in [0.3, 0.4) is 0 Å². The molecule has 1 aliphatic heterocycles. The molecule has 3 nitrogen and oxygen atoms in total. The number of hydrogen-bond donors (Lipinski definition) is 0. The largest absolute Gasteiger partial charge is 0.466 e. The van der Waals surface area contributed by atoms with Crippen molar-refractivity contribution < 1.29 is 9.53 Å². The average molecular weight is 358 g/mol. The van der Waals surface area contributed by atoms with Crippen LogP contribution in [0.25, 0.3) is 0 Å². The van der Waals surface area contributed by atoms with Crippen molar-refractivity contribution in [1.29, 1.82) is 0 Å². The fourth-order valence-electron chi connectivity index (χ4n) is 2.77. The minimum absolute atomic E-state index is 0. The molecule has 0 spiro atoms. The van der Waals surface area contributed by atoms with E-state index < -0.39 is 0 Å². The Hall–Kier alpha value is -0.710. The Balaban J connectivity index is 0.00000264. The summed E-state index contributed by atoms with van der Waals surface area (Å²) in [4.78, 5) is 15.5. The Morgan fingerprint density at radius 3 is 2.52 bits per heavy atom. The smallest absolute Gasteiger partial charge is 0.309 e. The highest BCUT2D eigenvalue weighted by atomic mass is 35.5. The fraction of sp³-hybridized carbons (Fsp3) is 0.611. The maximum absolute atomic E-state index is 11.7. The van der Waals surface area contributed by atoms with Crippen LogP contribution in [0.4, 0.5) is 0 Å². The van der Waals surface area contributed by atoms with Crippen molar-refractivity contribution in [1.82, 2.24) is 4.90 Å². The van der Waals surface area contributed by atoms with Gasteiger partial charge in [0.1, 0.15) is 0 Å². The zero-order valence-corrected chi connectivity index (χ0v) is 15.8. The first kappa shape index (κ1) is 20.3. The van der Waals surface area contributed by atoms with E-state index in [1.54, 1.807) is 0 Å². The molecule has 1 saturated heterocycles. The molecule has 0 bridgehead atoms. The van der Waals surface area contributed by atoms with Gasteiger partial charge in [0, 0.05) is 4.90 Å². The number of halogens is 1. The molecule has 130 valence electrons. The number of hydrogen-bond acceptors (Lipinski definition) is 4. The molecule has 23 heavy (non-hydrogen) atoms. The Morgan fingerprint density at radius 1 is 1.26 bits per heavy atom. The number of rotatable bonds is 7. The summed E-state index contributed by atoms with van der Waals surface area (Å²) in [6.07, 6.45) is 3.09. The quantitative estimate of drug-likeness (QED) is 0.416. The van der Waals surface area contributed by atoms with E-state index in [9.17, 15) is 4.79 Å². The molecule has 0 atom stereocenters. The monoisotopic (exact) mass is 357 g/mol. The highest BCUT2D eigenvalue weighted by molar-refractivity contribution is 7.99. The lowest BCUT2D eigenvalue weighted by Gasteiger charge is -2.30. The predicted molar refractivity (Wildman–Crippen MR) is 99.6 cm³/mol. The van der Waals surface area contributed by atoms with E-state index in [1.807, 2.05) is 18.7 Å². The van der Waals surface area contributed by atoms with E-state index in [1.165, 1.54) is 16.9 Å². The van der Waals surface area contributed by atoms with Gasteiger partial charge in [0.2, 0.25) is 0 Å². The minimum Gasteiger partial charge on any atom is -0.466 e. The third-order valence-electron chi connectivity index (χ3n) is 4.12. The van der Waals surface area contributed by atoms with Crippen LogP contribution in [0, 0.1) is 12.8 Å². The van der Waals surface area contributed by atoms with Gasteiger partial charge in [-0.05, 0) is 70.6 Å². The lowest BCUT2D eigenvalue weighted by molar-refractivity contribution is -0.149. The second-order valence-electron chi connectivity index (χ2n) is 5.88. The number of nitrogens with zero attached hydrogens (tertiary/aromatic N) is 1. The molecule has 0 aliphatic carbocycles. The van der Waals surface area contributed by atoms with E-state index in [4.69, 9.17) is 4.74 Å². The number of ether oxygens (including phenoxy) is 1. The van der Waals surface area contributed by atoms with Crippen LogP contribution in [0.2, 0.25) is 0 Å². The number of benzene rings is 1. The Bertz CT molecular complexity index is 459. The van der Waals surface area contributed by atoms with Crippen LogP contribution in [0.5, 0.6) is 0 Å². The van der Waals surface area contributed by atoms with Crippen molar-refractivity contribution in [3.05, 3.63) is 29.8 Å². The van der Waals surface area contributed by atoms with E-state index in [-0.39, 0.29) is 24.3 Å². The lowest BCUT2D eigenvalue weighted by atomic mass is 9.97. The van der Waals surface area contributed by atoms with Gasteiger partial charge in [-0.15, -0.1) is 24.2 Å². The molecular weight excluding hydrogens is 330 g/mol. The second kappa shape index (κ2) is 11.0. The number of carbonyl (C=O) groups excluding carboxylic acids is 1. The predicted octanol–water partition coefficient (Wildman–Crippen LogP) is 4.17. The van der Waals surface area contributed by atoms with E-state index in [0.29, 0.717) is 6.61 Å². The Kier molecular flexibility index (Phi) is 9.68. The van der Waals surface area contributed by atoms with Gasteiger partial charge < -0.3 is 9.64 Å². The molecule has 0 aromatic heterocycles. The molecule has 0 unspecified atom stereocenters. The molecule has 0 N–H and O–H groups in total. The van der Waals surface area contributed by atoms with Crippen molar-refractivity contribution in [2.75, 3.05) is 32.0 Å². The zero-order chi connectivity index (χ0) is 15.8. The summed E-state index contributed by atoms with van der Waals surface area (Å²) >= 11 is 1.93. The Labute approximate surface area is 150 Å². The Morgan fingerprint density at radius 2 is 1.91 bits per heavy atom. The first-order chi connectivity index (χ1) is 10.7. The van der Waals surface area contributed by atoms with Crippen LogP contribution in [-0.2, 0) is 9.53 Å². The molecule has 0 saturated carbocycles. The summed E-state index contributed by atoms with van der Waals surface area (Å²) in [6, 6.07) is 8.74. The molecule has 1 fully saturated rings. The molecule has 1 heterocycles. The highest BCUT2D eigenvalue weighted by Gasteiger charge is 2.25. The number of thioether (sulfide) groups is 1. The third-order valence-corrected chi connectivity index (χ3v) is 5.21. The summed E-state index contributed by atoms with van der Waals surface area (Å²) in [6.45, 7) is 7.67. The number of likely N-dealkylation sites (tertiary alicyclic amines) is 1. The molecule has 0 amide bonds. The van der Waals surface area contributed by atoms with Crippen LogP contribution in [0.15, 0.2) is 29.2 Å². The van der Waals surface area contributed by atoms with Crippen molar-refractivity contribution in [3.63, 3.8) is 0 Å². The van der Waals surface area contributed by atoms with Crippen molar-refractivity contribution in [2.24, 2.45) is 5.92 Å². The first-order valence-corrected chi connectivity index (χ1v) is 9.26. The molecular formula is C18H28ClNO2S. The molecule has 1 aromatic carbocycles. The van der Waals surface area contributed by atoms with E-state index in [0.717, 1.165) is 38.2 Å². The third kappa shape index (κ3) is 7.15. The average Bonchev–Trinajstić information content (AvgIpc) is 2.54. The van der Waals surface area contributed by atoms with Gasteiger partial charge >= 0.3 is 5.97 Å². The highest BCUT2D eigenvalue weighted by Crippen LogP contribution is 2.21. The molecule has 5 heteroatoms. The van der Waals surface area contributed by atoms with Crippen LogP contribution in [0.1, 0.15) is 31.7 Å². The number of aryl methyl sites for hydroxylation is 1. The SMILES string of the molecule is CCOC(=O)C1CCN(CCCSc2ccc(C)cc2)CC1.Cl. The van der Waals surface area contributed by atoms with Gasteiger partial charge in [0.05, 0.1) is 12.5 Å². The van der Waals surface area contributed by atoms with Gasteiger partial charge in [-0.2, -0.15) is 0 Å². The number of piperidine rings is 1. The van der Waals surface area contributed by atoms with Crippen LogP contribution in [-0.4, -0.2) is 42.9 Å².